The van der Waals surface area contributed by atoms with Crippen molar-refractivity contribution in [2.24, 2.45) is 5.73 Å². The number of aromatic hydroxyl groups is 1. The van der Waals surface area contributed by atoms with E-state index >= 15 is 0 Å². The van der Waals surface area contributed by atoms with E-state index in [0.717, 1.165) is 10.2 Å². The Bertz CT molecular complexity index is 512. The molecule has 4 N–H and O–H groups in total. The standard InChI is InChI=1S/C10H13NO3.C4H4BrN/c1-14-10(13)9(11)6-7-2-4-8(12)5-3-7;5-4-2-1-3-6-4/h2-5,9,12H,6,11H2,1H3;1-3,6H/t9-;/m0./s1. The fourth-order valence-electron chi connectivity index (χ4n) is 1.43. The lowest BCUT2D eigenvalue weighted by molar-refractivity contribution is -0.142. The number of nitrogens with one attached hydrogen (secondary N) is 1. The molecule has 6 heteroatoms. The third-order valence-corrected chi connectivity index (χ3v) is 2.95. The predicted octanol–water partition coefficient (Wildman–Crippen LogP) is 2.21. The number of aromatic amines is 1. The van der Waals surface area contributed by atoms with Gasteiger partial charge in [-0.1, -0.05) is 12.1 Å². The first-order valence-electron chi connectivity index (χ1n) is 5.93. The quantitative estimate of drug-likeness (QED) is 0.747. The van der Waals surface area contributed by atoms with Crippen LogP contribution >= 0.6 is 15.9 Å². The van der Waals surface area contributed by atoms with Crippen LogP contribution in [-0.4, -0.2) is 29.2 Å². The third-order valence-electron chi connectivity index (χ3n) is 2.46. The van der Waals surface area contributed by atoms with E-state index in [2.05, 4.69) is 25.7 Å². The van der Waals surface area contributed by atoms with Gasteiger partial charge in [0.05, 0.1) is 11.7 Å². The number of hydrogen-bond acceptors (Lipinski definition) is 4. The van der Waals surface area contributed by atoms with Gasteiger partial charge in [0.15, 0.2) is 0 Å². The van der Waals surface area contributed by atoms with Crippen LogP contribution in [0.4, 0.5) is 0 Å². The lowest BCUT2D eigenvalue weighted by Crippen LogP contribution is -2.33. The number of carbonyl (C=O) groups is 1. The second-order valence-electron chi connectivity index (χ2n) is 4.02. The number of ether oxygens (including phenoxy) is 1. The van der Waals surface area contributed by atoms with E-state index in [1.807, 2.05) is 18.3 Å². The maximum absolute atomic E-state index is 11.0. The summed E-state index contributed by atoms with van der Waals surface area (Å²) in [5, 5.41) is 9.02. The molecule has 0 amide bonds. The van der Waals surface area contributed by atoms with Crippen LogP contribution in [0.3, 0.4) is 0 Å². The summed E-state index contributed by atoms with van der Waals surface area (Å²) in [5.41, 5.74) is 6.45. The second kappa shape index (κ2) is 8.39. The molecule has 1 heterocycles. The smallest absolute Gasteiger partial charge is 0.322 e. The first kappa shape index (κ1) is 16.3. The molecule has 0 saturated carbocycles. The van der Waals surface area contributed by atoms with Crippen LogP contribution in [0.1, 0.15) is 5.56 Å². The Morgan fingerprint density at radius 3 is 2.45 bits per heavy atom. The van der Waals surface area contributed by atoms with Gasteiger partial charge >= 0.3 is 5.97 Å². The lowest BCUT2D eigenvalue weighted by atomic mass is 10.1. The monoisotopic (exact) mass is 340 g/mol. The molecule has 0 spiro atoms. The summed E-state index contributed by atoms with van der Waals surface area (Å²) in [6, 6.07) is 9.78. The van der Waals surface area contributed by atoms with Crippen LogP contribution in [0.15, 0.2) is 47.2 Å². The number of phenols is 1. The Hall–Kier alpha value is -1.79. The van der Waals surface area contributed by atoms with Crippen molar-refractivity contribution in [1.82, 2.24) is 4.98 Å². The van der Waals surface area contributed by atoms with E-state index in [-0.39, 0.29) is 5.75 Å². The molecule has 0 unspecified atom stereocenters. The van der Waals surface area contributed by atoms with Crippen molar-refractivity contribution < 1.29 is 14.6 Å². The SMILES string of the molecule is Brc1ccc[nH]1.COC(=O)[C@@H](N)Cc1ccc(O)cc1. The highest BCUT2D eigenvalue weighted by Gasteiger charge is 2.13. The van der Waals surface area contributed by atoms with Gasteiger partial charge in [-0.3, -0.25) is 4.79 Å². The molecule has 0 aliphatic heterocycles. The summed E-state index contributed by atoms with van der Waals surface area (Å²) in [5.74, 6) is -0.238. The van der Waals surface area contributed by atoms with Gasteiger partial charge in [-0.15, -0.1) is 0 Å². The van der Waals surface area contributed by atoms with E-state index in [0.29, 0.717) is 6.42 Å². The molecule has 0 saturated heterocycles. The minimum Gasteiger partial charge on any atom is -0.508 e. The van der Waals surface area contributed by atoms with Crippen molar-refractivity contribution in [2.45, 2.75) is 12.5 Å². The Labute approximate surface area is 125 Å². The second-order valence-corrected chi connectivity index (χ2v) is 4.87. The number of aromatic nitrogens is 1. The zero-order valence-electron chi connectivity index (χ0n) is 11.0. The predicted molar refractivity (Wildman–Crippen MR) is 80.3 cm³/mol. The summed E-state index contributed by atoms with van der Waals surface area (Å²) in [6.45, 7) is 0. The first-order valence-corrected chi connectivity index (χ1v) is 6.72. The average molecular weight is 341 g/mol. The van der Waals surface area contributed by atoms with E-state index in [1.165, 1.54) is 7.11 Å². The molecular weight excluding hydrogens is 324 g/mol. The maximum atomic E-state index is 11.0. The topological polar surface area (TPSA) is 88.3 Å². The van der Waals surface area contributed by atoms with E-state index in [4.69, 9.17) is 10.8 Å². The average Bonchev–Trinajstić information content (AvgIpc) is 2.92. The van der Waals surface area contributed by atoms with E-state index < -0.39 is 12.0 Å². The Balaban J connectivity index is 0.000000276. The number of methoxy groups -OCH3 is 1. The zero-order chi connectivity index (χ0) is 15.0. The number of nitrogens with two attached hydrogens (primary N) is 1. The van der Waals surface area contributed by atoms with E-state index in [1.54, 1.807) is 24.3 Å². The molecule has 20 heavy (non-hydrogen) atoms. The molecule has 1 aromatic heterocycles. The zero-order valence-corrected chi connectivity index (χ0v) is 12.6. The summed E-state index contributed by atoms with van der Waals surface area (Å²) in [7, 11) is 1.30. The molecule has 0 bridgehead atoms. The molecule has 2 rings (SSSR count). The molecule has 1 aromatic carbocycles. The number of rotatable bonds is 3. The molecular formula is C14H17BrN2O3. The summed E-state index contributed by atoms with van der Waals surface area (Å²) in [6.07, 6.45) is 2.27. The largest absolute Gasteiger partial charge is 0.508 e. The van der Waals surface area contributed by atoms with Crippen LogP contribution < -0.4 is 5.73 Å². The molecule has 2 aromatic rings. The maximum Gasteiger partial charge on any atom is 0.322 e. The van der Waals surface area contributed by atoms with Gasteiger partial charge in [0.2, 0.25) is 0 Å². The van der Waals surface area contributed by atoms with Gasteiger partial charge in [-0.05, 0) is 52.2 Å². The van der Waals surface area contributed by atoms with Crippen molar-refractivity contribution in [3.8, 4) is 5.75 Å². The fraction of sp³-hybridized carbons (Fsp3) is 0.214. The number of benzene rings is 1. The van der Waals surface area contributed by atoms with Crippen molar-refractivity contribution in [3.05, 3.63) is 52.8 Å². The Morgan fingerprint density at radius 1 is 1.40 bits per heavy atom. The summed E-state index contributed by atoms with van der Waals surface area (Å²) >= 11 is 3.23. The normalized spacial score (nSPS) is 11.2. The minimum atomic E-state index is -0.649. The number of halogens is 1. The molecule has 0 aliphatic rings. The first-order chi connectivity index (χ1) is 9.52. The van der Waals surface area contributed by atoms with E-state index in [9.17, 15) is 4.79 Å². The van der Waals surface area contributed by atoms with Gasteiger partial charge in [0.1, 0.15) is 11.8 Å². The van der Waals surface area contributed by atoms with Crippen molar-refractivity contribution in [1.29, 1.82) is 0 Å². The van der Waals surface area contributed by atoms with Gasteiger partial charge in [0, 0.05) is 6.20 Å². The number of H-pyrrole nitrogens is 1. The van der Waals surface area contributed by atoms with Crippen molar-refractivity contribution in [2.75, 3.05) is 7.11 Å². The van der Waals surface area contributed by atoms with Crippen LogP contribution in [0.2, 0.25) is 0 Å². The van der Waals surface area contributed by atoms with Crippen molar-refractivity contribution >= 4 is 21.9 Å². The number of phenolic OH excluding ortho intramolecular Hbond substituents is 1. The summed E-state index contributed by atoms with van der Waals surface area (Å²) < 4.78 is 5.52. The van der Waals surface area contributed by atoms with Crippen LogP contribution in [0, 0.1) is 0 Å². The molecule has 5 nitrogen and oxygen atoms in total. The van der Waals surface area contributed by atoms with Crippen molar-refractivity contribution in [3.63, 3.8) is 0 Å². The van der Waals surface area contributed by atoms with Gasteiger partial charge in [0.25, 0.3) is 0 Å². The summed E-state index contributed by atoms with van der Waals surface area (Å²) in [4.78, 5) is 13.9. The Morgan fingerprint density at radius 2 is 2.05 bits per heavy atom. The highest BCUT2D eigenvalue weighted by atomic mass is 79.9. The number of esters is 1. The fourth-order valence-corrected chi connectivity index (χ4v) is 1.71. The Kier molecular flexibility index (Phi) is 6.83. The number of hydrogen-bond donors (Lipinski definition) is 3. The molecule has 0 aliphatic carbocycles. The van der Waals surface area contributed by atoms with Gasteiger partial charge in [-0.2, -0.15) is 0 Å². The lowest BCUT2D eigenvalue weighted by Gasteiger charge is -2.08. The number of carbonyl (C=O) groups excluding carboxylic acids is 1. The van der Waals surface area contributed by atoms with Crippen LogP contribution in [0.5, 0.6) is 5.75 Å². The molecule has 108 valence electrons. The van der Waals surface area contributed by atoms with Gasteiger partial charge in [-0.25, -0.2) is 0 Å². The highest BCUT2D eigenvalue weighted by Crippen LogP contribution is 2.11. The van der Waals surface area contributed by atoms with Crippen LogP contribution in [-0.2, 0) is 16.0 Å². The molecule has 1 atom stereocenters. The van der Waals surface area contributed by atoms with Gasteiger partial charge < -0.3 is 20.6 Å². The molecule has 0 fully saturated rings. The molecule has 0 radical (unpaired) electrons. The third kappa shape index (κ3) is 5.90. The minimum absolute atomic E-state index is 0.195. The van der Waals surface area contributed by atoms with Crippen LogP contribution in [0.25, 0.3) is 0 Å². The highest BCUT2D eigenvalue weighted by molar-refractivity contribution is 9.10.